The van der Waals surface area contributed by atoms with E-state index < -0.39 is 0 Å². The van der Waals surface area contributed by atoms with Gasteiger partial charge >= 0.3 is 0 Å². The summed E-state index contributed by atoms with van der Waals surface area (Å²) in [5, 5.41) is 17.5. The van der Waals surface area contributed by atoms with Crippen molar-refractivity contribution in [2.75, 3.05) is 6.54 Å². The minimum Gasteiger partial charge on any atom is -0.310 e. The Morgan fingerprint density at radius 1 is 1.43 bits per heavy atom. The smallest absolute Gasteiger partial charge is 0.272 e. The van der Waals surface area contributed by atoms with Crippen molar-refractivity contribution < 1.29 is 4.92 Å². The van der Waals surface area contributed by atoms with E-state index in [-0.39, 0.29) is 16.7 Å². The molecule has 1 aromatic carbocycles. The van der Waals surface area contributed by atoms with Crippen LogP contribution in [-0.2, 0) is 6.42 Å². The van der Waals surface area contributed by atoms with Gasteiger partial charge in [-0.2, -0.15) is 0 Å². The number of hydrogen-bond acceptors (Lipinski definition) is 5. The Labute approximate surface area is 128 Å². The number of hydrogen-bond donors (Lipinski definition) is 1. The molecule has 0 radical (unpaired) electrons. The van der Waals surface area contributed by atoms with Crippen molar-refractivity contribution >= 4 is 17.0 Å². The van der Waals surface area contributed by atoms with E-state index in [2.05, 4.69) is 15.7 Å². The zero-order valence-electron chi connectivity index (χ0n) is 12.4. The molecule has 1 N–H and O–H groups in total. The number of aryl methyl sites for hydroxylation is 1. The van der Waals surface area contributed by atoms with E-state index in [1.54, 1.807) is 30.4 Å². The maximum atomic E-state index is 11.0. The second-order valence-corrected chi connectivity index (χ2v) is 6.09. The van der Waals surface area contributed by atoms with Crippen LogP contribution >= 0.6 is 11.3 Å². The van der Waals surface area contributed by atoms with Gasteiger partial charge in [0.05, 0.1) is 15.6 Å². The number of nitrogens with zero attached hydrogens (tertiary/aromatic N) is 2. The lowest BCUT2D eigenvalue weighted by molar-refractivity contribution is -0.385. The molecule has 112 valence electrons. The molecule has 0 aliphatic rings. The molecule has 1 heterocycles. The largest absolute Gasteiger partial charge is 0.310 e. The zero-order chi connectivity index (χ0) is 15.4. The Kier molecular flexibility index (Phi) is 5.03. The van der Waals surface area contributed by atoms with E-state index in [9.17, 15) is 10.1 Å². The fourth-order valence-electron chi connectivity index (χ4n) is 2.36. The van der Waals surface area contributed by atoms with Crippen LogP contribution in [0.2, 0.25) is 0 Å². The molecule has 5 nitrogen and oxygen atoms in total. The van der Waals surface area contributed by atoms with Gasteiger partial charge < -0.3 is 5.32 Å². The van der Waals surface area contributed by atoms with Crippen LogP contribution in [-0.4, -0.2) is 16.5 Å². The molecular weight excluding hydrogens is 286 g/mol. The summed E-state index contributed by atoms with van der Waals surface area (Å²) in [5.41, 5.74) is 2.97. The van der Waals surface area contributed by atoms with Crippen LogP contribution in [0.5, 0.6) is 0 Å². The van der Waals surface area contributed by atoms with E-state index in [4.69, 9.17) is 0 Å². The molecule has 0 aliphatic heterocycles. The van der Waals surface area contributed by atoms with E-state index in [0.29, 0.717) is 0 Å². The second-order valence-electron chi connectivity index (χ2n) is 5.03. The first-order chi connectivity index (χ1) is 9.99. The summed E-state index contributed by atoms with van der Waals surface area (Å²) < 4.78 is 0. The first kappa shape index (κ1) is 15.6. The average molecular weight is 305 g/mol. The Morgan fingerprint density at radius 3 is 2.81 bits per heavy atom. The van der Waals surface area contributed by atoms with Crippen LogP contribution in [0.25, 0.3) is 0 Å². The second kappa shape index (κ2) is 6.78. The standard InChI is InChI=1S/C15H19N3O2S/c1-10-14(5-4-6-15(10)18(19)20)11(2)16-8-7-13-9-21-12(3)17-13/h4-6,9,11,16H,7-8H2,1-3H3. The average Bonchev–Trinajstić information content (AvgIpc) is 2.84. The van der Waals surface area contributed by atoms with Gasteiger partial charge in [-0.3, -0.25) is 10.1 Å². The van der Waals surface area contributed by atoms with Crippen molar-refractivity contribution in [2.45, 2.75) is 33.2 Å². The normalized spacial score (nSPS) is 12.3. The molecule has 0 amide bonds. The van der Waals surface area contributed by atoms with Crippen molar-refractivity contribution in [3.63, 3.8) is 0 Å². The summed E-state index contributed by atoms with van der Waals surface area (Å²) in [5.74, 6) is 0. The van der Waals surface area contributed by atoms with Crippen molar-refractivity contribution in [3.8, 4) is 0 Å². The summed E-state index contributed by atoms with van der Waals surface area (Å²) in [4.78, 5) is 15.1. The maximum absolute atomic E-state index is 11.0. The van der Waals surface area contributed by atoms with Crippen LogP contribution in [0.15, 0.2) is 23.6 Å². The molecule has 2 rings (SSSR count). The zero-order valence-corrected chi connectivity index (χ0v) is 13.2. The van der Waals surface area contributed by atoms with Crippen molar-refractivity contribution in [1.82, 2.24) is 10.3 Å². The van der Waals surface area contributed by atoms with Crippen LogP contribution in [0.3, 0.4) is 0 Å². The third kappa shape index (κ3) is 3.86. The van der Waals surface area contributed by atoms with Gasteiger partial charge in [-0.15, -0.1) is 11.3 Å². The number of benzene rings is 1. The van der Waals surface area contributed by atoms with Gasteiger partial charge in [0, 0.05) is 36.0 Å². The quantitative estimate of drug-likeness (QED) is 0.654. The summed E-state index contributed by atoms with van der Waals surface area (Å²) in [6.45, 7) is 6.62. The summed E-state index contributed by atoms with van der Waals surface area (Å²) in [6.07, 6.45) is 0.864. The molecule has 1 aromatic heterocycles. The van der Waals surface area contributed by atoms with Crippen LogP contribution in [0.1, 0.15) is 34.8 Å². The number of nitro groups is 1. The molecule has 2 aromatic rings. The molecule has 0 fully saturated rings. The molecule has 6 heteroatoms. The minimum atomic E-state index is -0.330. The van der Waals surface area contributed by atoms with Crippen molar-refractivity contribution in [1.29, 1.82) is 0 Å². The molecule has 1 unspecified atom stereocenters. The summed E-state index contributed by atoms with van der Waals surface area (Å²) >= 11 is 1.65. The summed E-state index contributed by atoms with van der Waals surface area (Å²) in [7, 11) is 0. The SMILES string of the molecule is Cc1nc(CCNC(C)c2cccc([N+](=O)[O-])c2C)cs1. The van der Waals surface area contributed by atoms with Crippen molar-refractivity contribution in [2.24, 2.45) is 0 Å². The maximum Gasteiger partial charge on any atom is 0.272 e. The molecule has 0 saturated carbocycles. The number of rotatable bonds is 6. The Bertz CT molecular complexity index is 640. The highest BCUT2D eigenvalue weighted by molar-refractivity contribution is 7.09. The van der Waals surface area contributed by atoms with Crippen LogP contribution in [0.4, 0.5) is 5.69 Å². The van der Waals surface area contributed by atoms with Gasteiger partial charge in [-0.05, 0) is 26.3 Å². The van der Waals surface area contributed by atoms with Gasteiger partial charge in [0.1, 0.15) is 0 Å². The van der Waals surface area contributed by atoms with E-state index in [0.717, 1.165) is 34.8 Å². The number of thiazole rings is 1. The van der Waals surface area contributed by atoms with Gasteiger partial charge in [-0.25, -0.2) is 4.98 Å². The lowest BCUT2D eigenvalue weighted by Gasteiger charge is -2.16. The van der Waals surface area contributed by atoms with Gasteiger partial charge in [0.25, 0.3) is 5.69 Å². The lowest BCUT2D eigenvalue weighted by Crippen LogP contribution is -2.22. The molecule has 0 saturated heterocycles. The van der Waals surface area contributed by atoms with E-state index in [1.807, 2.05) is 19.9 Å². The highest BCUT2D eigenvalue weighted by atomic mass is 32.1. The first-order valence-corrected chi connectivity index (χ1v) is 7.75. The van der Waals surface area contributed by atoms with E-state index in [1.165, 1.54) is 0 Å². The van der Waals surface area contributed by atoms with Gasteiger partial charge in [-0.1, -0.05) is 12.1 Å². The van der Waals surface area contributed by atoms with Crippen molar-refractivity contribution in [3.05, 3.63) is 55.5 Å². The molecule has 21 heavy (non-hydrogen) atoms. The number of aromatic nitrogens is 1. The predicted octanol–water partition coefficient (Wildman–Crippen LogP) is 3.56. The highest BCUT2D eigenvalue weighted by Gasteiger charge is 2.16. The monoisotopic (exact) mass is 305 g/mol. The fourth-order valence-corrected chi connectivity index (χ4v) is 3.00. The number of nitro benzene ring substituents is 1. The Morgan fingerprint density at radius 2 is 2.19 bits per heavy atom. The predicted molar refractivity (Wildman–Crippen MR) is 84.8 cm³/mol. The minimum absolute atomic E-state index is 0.0737. The fraction of sp³-hybridized carbons (Fsp3) is 0.400. The third-order valence-corrected chi connectivity index (χ3v) is 4.33. The molecule has 0 aliphatic carbocycles. The molecule has 1 atom stereocenters. The van der Waals surface area contributed by atoms with Crippen LogP contribution in [0, 0.1) is 24.0 Å². The number of nitrogens with one attached hydrogen (secondary N) is 1. The Hall–Kier alpha value is -1.79. The lowest BCUT2D eigenvalue weighted by atomic mass is 10.0. The Balaban J connectivity index is 1.98. The third-order valence-electron chi connectivity index (χ3n) is 3.51. The van der Waals surface area contributed by atoms with Gasteiger partial charge in [0.2, 0.25) is 0 Å². The first-order valence-electron chi connectivity index (χ1n) is 6.87. The van der Waals surface area contributed by atoms with Gasteiger partial charge in [0.15, 0.2) is 0 Å². The highest BCUT2D eigenvalue weighted by Crippen LogP contribution is 2.25. The van der Waals surface area contributed by atoms with E-state index >= 15 is 0 Å². The molecular formula is C15H19N3O2S. The topological polar surface area (TPSA) is 68.1 Å². The molecule has 0 bridgehead atoms. The summed E-state index contributed by atoms with van der Waals surface area (Å²) in [6, 6.07) is 5.29. The van der Waals surface area contributed by atoms with Crippen LogP contribution < -0.4 is 5.32 Å². The molecule has 0 spiro atoms.